The molecule has 0 saturated heterocycles. The second-order valence-corrected chi connectivity index (χ2v) is 6.28. The van der Waals surface area contributed by atoms with Crippen molar-refractivity contribution in [3.8, 4) is 22.1 Å². The van der Waals surface area contributed by atoms with Gasteiger partial charge in [0.1, 0.15) is 10.8 Å². The molecule has 3 aromatic rings. The molecule has 0 bridgehead atoms. The average molecular weight is 372 g/mol. The average Bonchev–Trinajstić information content (AvgIpc) is 3.10. The van der Waals surface area contributed by atoms with Crippen molar-refractivity contribution in [3.63, 3.8) is 0 Å². The van der Waals surface area contributed by atoms with Gasteiger partial charge in [0.15, 0.2) is 11.5 Å². The normalized spacial score (nSPS) is 10.4. The fourth-order valence-electron chi connectivity index (χ4n) is 2.43. The van der Waals surface area contributed by atoms with Crippen molar-refractivity contribution in [2.75, 3.05) is 19.5 Å². The topological polar surface area (TPSA) is 60.5 Å². The molecule has 26 heavy (non-hydrogen) atoms. The molecule has 0 unspecified atom stereocenters. The highest BCUT2D eigenvalue weighted by atomic mass is 32.1. The van der Waals surface area contributed by atoms with Crippen LogP contribution < -0.4 is 14.8 Å². The molecule has 0 radical (unpaired) electrons. The predicted molar refractivity (Wildman–Crippen MR) is 99.4 cm³/mol. The Morgan fingerprint density at radius 1 is 1.15 bits per heavy atom. The van der Waals surface area contributed by atoms with Crippen LogP contribution in [0.25, 0.3) is 10.6 Å². The largest absolute Gasteiger partial charge is 0.493 e. The van der Waals surface area contributed by atoms with E-state index < -0.39 is 0 Å². The minimum atomic E-state index is -0.330. The van der Waals surface area contributed by atoms with Gasteiger partial charge in [0.05, 0.1) is 26.3 Å². The maximum Gasteiger partial charge on any atom is 0.230 e. The van der Waals surface area contributed by atoms with Gasteiger partial charge in [-0.3, -0.25) is 4.79 Å². The van der Waals surface area contributed by atoms with Crippen molar-refractivity contribution in [3.05, 3.63) is 59.4 Å². The van der Waals surface area contributed by atoms with Gasteiger partial charge in [-0.1, -0.05) is 12.1 Å². The van der Waals surface area contributed by atoms with Crippen LogP contribution in [-0.2, 0) is 11.2 Å². The molecule has 0 spiro atoms. The minimum Gasteiger partial charge on any atom is -0.493 e. The zero-order valence-corrected chi connectivity index (χ0v) is 15.1. The molecule has 1 heterocycles. The summed E-state index contributed by atoms with van der Waals surface area (Å²) in [4.78, 5) is 16.6. The van der Waals surface area contributed by atoms with Gasteiger partial charge in [-0.2, -0.15) is 0 Å². The molecule has 1 amide bonds. The second-order valence-electron chi connectivity index (χ2n) is 5.42. The SMILES string of the molecule is COc1ccc(NC(=O)Cc2csc(-c3ccccc3F)n2)cc1OC. The lowest BCUT2D eigenvalue weighted by Gasteiger charge is -2.10. The Morgan fingerprint density at radius 2 is 1.92 bits per heavy atom. The summed E-state index contributed by atoms with van der Waals surface area (Å²) in [5.41, 5.74) is 1.62. The lowest BCUT2D eigenvalue weighted by molar-refractivity contribution is -0.115. The highest BCUT2D eigenvalue weighted by Gasteiger charge is 2.13. The number of thiazole rings is 1. The van der Waals surface area contributed by atoms with Crippen LogP contribution in [0.5, 0.6) is 11.5 Å². The Kier molecular flexibility index (Phi) is 5.48. The number of methoxy groups -OCH3 is 2. The molecule has 2 aromatic carbocycles. The fraction of sp³-hybridized carbons (Fsp3) is 0.158. The van der Waals surface area contributed by atoms with E-state index in [1.807, 2.05) is 0 Å². The number of benzene rings is 2. The summed E-state index contributed by atoms with van der Waals surface area (Å²) in [5, 5.41) is 5.11. The molecule has 5 nitrogen and oxygen atoms in total. The van der Waals surface area contributed by atoms with Gasteiger partial charge >= 0.3 is 0 Å². The van der Waals surface area contributed by atoms with Crippen LogP contribution in [0.2, 0.25) is 0 Å². The van der Waals surface area contributed by atoms with Crippen molar-refractivity contribution in [1.29, 1.82) is 0 Å². The van der Waals surface area contributed by atoms with E-state index in [0.717, 1.165) is 0 Å². The summed E-state index contributed by atoms with van der Waals surface area (Å²) in [6, 6.07) is 11.6. The third-order valence-corrected chi connectivity index (χ3v) is 4.59. The third kappa shape index (κ3) is 4.00. The first-order chi connectivity index (χ1) is 12.6. The van der Waals surface area contributed by atoms with Gasteiger partial charge < -0.3 is 14.8 Å². The number of rotatable bonds is 6. The summed E-state index contributed by atoms with van der Waals surface area (Å²) in [7, 11) is 3.08. The van der Waals surface area contributed by atoms with Gasteiger partial charge in [0.25, 0.3) is 0 Å². The van der Waals surface area contributed by atoms with Gasteiger partial charge in [-0.05, 0) is 24.3 Å². The zero-order chi connectivity index (χ0) is 18.5. The van der Waals surface area contributed by atoms with Gasteiger partial charge in [0.2, 0.25) is 5.91 Å². The molecule has 1 N–H and O–H groups in total. The Balaban J connectivity index is 1.68. The Morgan fingerprint density at radius 3 is 2.65 bits per heavy atom. The molecule has 7 heteroatoms. The molecular weight excluding hydrogens is 355 g/mol. The number of carbonyl (C=O) groups is 1. The van der Waals surface area contributed by atoms with Crippen LogP contribution in [-0.4, -0.2) is 25.1 Å². The van der Waals surface area contributed by atoms with E-state index in [2.05, 4.69) is 10.3 Å². The van der Waals surface area contributed by atoms with E-state index in [9.17, 15) is 9.18 Å². The zero-order valence-electron chi connectivity index (χ0n) is 14.3. The van der Waals surface area contributed by atoms with Crippen molar-refractivity contribution < 1.29 is 18.7 Å². The van der Waals surface area contributed by atoms with E-state index in [4.69, 9.17) is 9.47 Å². The van der Waals surface area contributed by atoms with Crippen LogP contribution in [0.15, 0.2) is 47.8 Å². The number of aromatic nitrogens is 1. The number of ether oxygens (including phenoxy) is 2. The van der Waals surface area contributed by atoms with E-state index in [0.29, 0.717) is 33.5 Å². The van der Waals surface area contributed by atoms with Crippen LogP contribution in [0, 0.1) is 5.82 Å². The van der Waals surface area contributed by atoms with E-state index in [1.165, 1.54) is 24.5 Å². The van der Waals surface area contributed by atoms with Gasteiger partial charge in [0, 0.05) is 22.7 Å². The number of amides is 1. The molecule has 1 aromatic heterocycles. The maximum atomic E-state index is 13.8. The summed E-state index contributed by atoms with van der Waals surface area (Å²) in [5.74, 6) is 0.561. The van der Waals surface area contributed by atoms with E-state index in [1.54, 1.807) is 48.9 Å². The van der Waals surface area contributed by atoms with Crippen LogP contribution >= 0.6 is 11.3 Å². The summed E-state index contributed by atoms with van der Waals surface area (Å²) >= 11 is 1.31. The molecule has 0 atom stereocenters. The summed E-state index contributed by atoms with van der Waals surface area (Å²) in [6.07, 6.45) is 0.0965. The first-order valence-electron chi connectivity index (χ1n) is 7.82. The first-order valence-corrected chi connectivity index (χ1v) is 8.70. The standard InChI is InChI=1S/C19H17FN2O3S/c1-24-16-8-7-12(9-17(16)25-2)21-18(23)10-13-11-26-19(22-13)14-5-3-4-6-15(14)20/h3-9,11H,10H2,1-2H3,(H,21,23). The molecule has 134 valence electrons. The smallest absolute Gasteiger partial charge is 0.230 e. The number of halogens is 1. The fourth-order valence-corrected chi connectivity index (χ4v) is 3.28. The minimum absolute atomic E-state index is 0.0965. The number of carbonyl (C=O) groups excluding carboxylic acids is 1. The monoisotopic (exact) mass is 372 g/mol. The molecule has 0 aliphatic carbocycles. The Bertz CT molecular complexity index is 927. The third-order valence-electron chi connectivity index (χ3n) is 3.66. The molecular formula is C19H17FN2O3S. The Hall–Kier alpha value is -2.93. The maximum absolute atomic E-state index is 13.8. The molecule has 0 saturated carbocycles. The number of nitrogens with one attached hydrogen (secondary N) is 1. The molecule has 3 rings (SSSR count). The lowest BCUT2D eigenvalue weighted by atomic mass is 10.2. The van der Waals surface area contributed by atoms with Crippen molar-refractivity contribution in [2.45, 2.75) is 6.42 Å². The van der Waals surface area contributed by atoms with Crippen LogP contribution in [0.4, 0.5) is 10.1 Å². The Labute approximate surface area is 154 Å². The number of nitrogens with zero attached hydrogens (tertiary/aromatic N) is 1. The summed E-state index contributed by atoms with van der Waals surface area (Å²) < 4.78 is 24.2. The molecule has 0 aliphatic heterocycles. The molecule has 0 fully saturated rings. The van der Waals surface area contributed by atoms with Gasteiger partial charge in [-0.15, -0.1) is 11.3 Å². The summed E-state index contributed by atoms with van der Waals surface area (Å²) in [6.45, 7) is 0. The number of anilines is 1. The van der Waals surface area contributed by atoms with Crippen molar-refractivity contribution in [1.82, 2.24) is 4.98 Å². The second kappa shape index (κ2) is 7.97. The first kappa shape index (κ1) is 17.9. The van der Waals surface area contributed by atoms with E-state index >= 15 is 0 Å². The number of hydrogen-bond acceptors (Lipinski definition) is 5. The van der Waals surface area contributed by atoms with Crippen molar-refractivity contribution >= 4 is 22.9 Å². The number of hydrogen-bond donors (Lipinski definition) is 1. The predicted octanol–water partition coefficient (Wildman–Crippen LogP) is 4.15. The van der Waals surface area contributed by atoms with Crippen LogP contribution in [0.3, 0.4) is 0 Å². The van der Waals surface area contributed by atoms with Crippen LogP contribution in [0.1, 0.15) is 5.69 Å². The highest BCUT2D eigenvalue weighted by molar-refractivity contribution is 7.13. The lowest BCUT2D eigenvalue weighted by Crippen LogP contribution is -2.14. The highest BCUT2D eigenvalue weighted by Crippen LogP contribution is 2.30. The molecule has 0 aliphatic rings. The quantitative estimate of drug-likeness (QED) is 0.706. The van der Waals surface area contributed by atoms with Crippen molar-refractivity contribution in [2.24, 2.45) is 0 Å². The van der Waals surface area contributed by atoms with Gasteiger partial charge in [-0.25, -0.2) is 9.37 Å². The van der Waals surface area contributed by atoms with E-state index in [-0.39, 0.29) is 18.1 Å².